The predicted octanol–water partition coefficient (Wildman–Crippen LogP) is 1.71. The Balaban J connectivity index is 0.997. The van der Waals surface area contributed by atoms with Gasteiger partial charge in [0.2, 0.25) is 11.8 Å². The highest BCUT2D eigenvalue weighted by atomic mass is 19.1. The van der Waals surface area contributed by atoms with Crippen LogP contribution in [-0.2, 0) is 14.4 Å². The lowest BCUT2D eigenvalue weighted by Crippen LogP contribution is -2.64. The van der Waals surface area contributed by atoms with Crippen LogP contribution < -0.4 is 32.3 Å². The van der Waals surface area contributed by atoms with Crippen LogP contribution >= 0.6 is 0 Å². The van der Waals surface area contributed by atoms with E-state index in [1.165, 1.54) is 6.42 Å². The second kappa shape index (κ2) is 13.1. The van der Waals surface area contributed by atoms with E-state index in [0.29, 0.717) is 37.6 Å². The molecule has 4 aliphatic rings. The molecule has 6 N–H and O–H groups in total. The van der Waals surface area contributed by atoms with Gasteiger partial charge in [-0.3, -0.25) is 25.2 Å². The number of nitrogens with one attached hydrogen (secondary N) is 6. The van der Waals surface area contributed by atoms with Gasteiger partial charge in [0.15, 0.2) is 0 Å². The molecule has 0 aromatic heterocycles. The van der Waals surface area contributed by atoms with Gasteiger partial charge in [0.25, 0.3) is 0 Å². The minimum absolute atomic E-state index is 0.0819. The summed E-state index contributed by atoms with van der Waals surface area (Å²) in [6.07, 6.45) is 10.9. The van der Waals surface area contributed by atoms with Crippen LogP contribution in [0.4, 0.5) is 4.39 Å². The van der Waals surface area contributed by atoms with E-state index in [0.717, 1.165) is 64.3 Å². The molecular formula is C24H43FN6O3. The Kier molecular flexibility index (Phi) is 9.93. The number of unbranched alkanes of at least 4 members (excludes halogenated alkanes) is 1. The van der Waals surface area contributed by atoms with E-state index in [-0.39, 0.29) is 36.3 Å². The molecule has 5 atom stereocenters. The number of hydroxylamine groups is 1. The number of carbonyl (C=O) groups is 2. The molecule has 4 fully saturated rings. The predicted molar refractivity (Wildman–Crippen MR) is 126 cm³/mol. The van der Waals surface area contributed by atoms with Crippen molar-refractivity contribution >= 4 is 11.8 Å². The van der Waals surface area contributed by atoms with Gasteiger partial charge in [-0.15, -0.1) is 0 Å². The van der Waals surface area contributed by atoms with Crippen LogP contribution in [0, 0.1) is 17.8 Å². The van der Waals surface area contributed by atoms with Crippen molar-refractivity contribution in [2.45, 2.75) is 108 Å². The third-order valence-corrected chi connectivity index (χ3v) is 7.97. The zero-order chi connectivity index (χ0) is 23.8. The monoisotopic (exact) mass is 482 g/mol. The van der Waals surface area contributed by atoms with E-state index in [1.807, 2.05) is 0 Å². The fraction of sp³-hybridized carbons (Fsp3) is 0.917. The maximum Gasteiger partial charge on any atom is 0.237 e. The van der Waals surface area contributed by atoms with Gasteiger partial charge in [0, 0.05) is 24.8 Å². The van der Waals surface area contributed by atoms with Crippen LogP contribution in [-0.4, -0.2) is 49.6 Å². The second-order valence-corrected chi connectivity index (χ2v) is 10.5. The average molecular weight is 483 g/mol. The quantitative estimate of drug-likeness (QED) is 0.249. The summed E-state index contributed by atoms with van der Waals surface area (Å²) in [6.45, 7) is 1.54. The van der Waals surface area contributed by atoms with Crippen LogP contribution in [0.25, 0.3) is 0 Å². The third kappa shape index (κ3) is 7.34. The molecule has 9 nitrogen and oxygen atoms in total. The molecule has 2 saturated heterocycles. The summed E-state index contributed by atoms with van der Waals surface area (Å²) in [7, 11) is 0. The second-order valence-electron chi connectivity index (χ2n) is 10.5. The Bertz CT molecular complexity index is 663. The van der Waals surface area contributed by atoms with E-state index in [4.69, 9.17) is 4.84 Å². The van der Waals surface area contributed by atoms with Crippen molar-refractivity contribution in [3.8, 4) is 0 Å². The molecule has 5 unspecified atom stereocenters. The summed E-state index contributed by atoms with van der Waals surface area (Å²) < 4.78 is 13.3. The Morgan fingerprint density at radius 3 is 2.68 bits per heavy atom. The van der Waals surface area contributed by atoms with Gasteiger partial charge < -0.3 is 10.6 Å². The lowest BCUT2D eigenvalue weighted by Gasteiger charge is -2.41. The maximum atomic E-state index is 13.3. The normalized spacial score (nSPS) is 36.0. The Morgan fingerprint density at radius 1 is 1.03 bits per heavy atom. The van der Waals surface area contributed by atoms with Crippen molar-refractivity contribution < 1.29 is 18.8 Å². The van der Waals surface area contributed by atoms with E-state index >= 15 is 0 Å². The van der Waals surface area contributed by atoms with Gasteiger partial charge in [-0.2, -0.15) is 5.48 Å². The van der Waals surface area contributed by atoms with Gasteiger partial charge in [-0.25, -0.2) is 9.82 Å². The number of hydrazine groups is 1. The molecule has 0 radical (unpaired) electrons. The van der Waals surface area contributed by atoms with Crippen LogP contribution in [0.1, 0.15) is 83.5 Å². The van der Waals surface area contributed by atoms with Crippen LogP contribution in [0.3, 0.4) is 0 Å². The first-order valence-corrected chi connectivity index (χ1v) is 13.5. The van der Waals surface area contributed by atoms with Crippen molar-refractivity contribution in [3.05, 3.63) is 0 Å². The molecule has 34 heavy (non-hydrogen) atoms. The summed E-state index contributed by atoms with van der Waals surface area (Å²) >= 11 is 0. The van der Waals surface area contributed by atoms with Gasteiger partial charge in [0.1, 0.15) is 12.4 Å². The fourth-order valence-corrected chi connectivity index (χ4v) is 5.92. The highest BCUT2D eigenvalue weighted by Crippen LogP contribution is 2.33. The van der Waals surface area contributed by atoms with Gasteiger partial charge in [0.05, 0.1) is 12.3 Å². The minimum atomic E-state index is -0.647. The molecule has 2 amide bonds. The summed E-state index contributed by atoms with van der Waals surface area (Å²) in [5, 5.41) is 9.99. The zero-order valence-electron chi connectivity index (χ0n) is 20.3. The zero-order valence-corrected chi connectivity index (χ0v) is 20.3. The smallest absolute Gasteiger partial charge is 0.237 e. The first-order valence-electron chi connectivity index (χ1n) is 13.5. The van der Waals surface area contributed by atoms with Crippen molar-refractivity contribution in [2.24, 2.45) is 17.8 Å². The molecule has 0 aromatic carbocycles. The number of hydrogen-bond acceptors (Lipinski definition) is 7. The van der Waals surface area contributed by atoms with Crippen molar-refractivity contribution in [1.29, 1.82) is 0 Å². The molecule has 2 heterocycles. The molecule has 10 heteroatoms. The van der Waals surface area contributed by atoms with Crippen molar-refractivity contribution in [2.75, 3.05) is 13.1 Å². The van der Waals surface area contributed by atoms with E-state index < -0.39 is 6.17 Å². The fourth-order valence-electron chi connectivity index (χ4n) is 5.92. The van der Waals surface area contributed by atoms with E-state index in [1.54, 1.807) is 0 Å². The lowest BCUT2D eigenvalue weighted by atomic mass is 9.76. The number of halogens is 1. The Labute approximate surface area is 202 Å². The lowest BCUT2D eigenvalue weighted by molar-refractivity contribution is -0.134. The SMILES string of the molecule is O=C(CCCC1NC(C2CCC(F)CC2)NO1)NCCCCNC1NNC(=O)C2CCCCC12. The maximum absolute atomic E-state index is 13.3. The molecule has 2 saturated carbocycles. The van der Waals surface area contributed by atoms with Crippen molar-refractivity contribution in [1.82, 2.24) is 32.3 Å². The summed E-state index contributed by atoms with van der Waals surface area (Å²) in [5.41, 5.74) is 9.01. The topological polar surface area (TPSA) is 116 Å². The molecule has 2 aliphatic carbocycles. The van der Waals surface area contributed by atoms with Crippen LogP contribution in [0.2, 0.25) is 0 Å². The number of hydrogen-bond donors (Lipinski definition) is 6. The molecule has 0 bridgehead atoms. The number of carbonyl (C=O) groups excluding carboxylic acids is 2. The largest absolute Gasteiger partial charge is 0.356 e. The number of amides is 2. The van der Waals surface area contributed by atoms with Crippen molar-refractivity contribution in [3.63, 3.8) is 0 Å². The molecule has 0 aromatic rings. The Morgan fingerprint density at radius 2 is 1.82 bits per heavy atom. The highest BCUT2D eigenvalue weighted by molar-refractivity contribution is 5.79. The number of fused-ring (bicyclic) bond motifs is 1. The number of alkyl halides is 1. The minimum Gasteiger partial charge on any atom is -0.356 e. The van der Waals surface area contributed by atoms with Gasteiger partial charge in [-0.1, -0.05) is 12.8 Å². The molecular weight excluding hydrogens is 439 g/mol. The summed E-state index contributed by atoms with van der Waals surface area (Å²) in [6, 6.07) is 0. The highest BCUT2D eigenvalue weighted by Gasteiger charge is 2.39. The van der Waals surface area contributed by atoms with E-state index in [2.05, 4.69) is 32.3 Å². The van der Waals surface area contributed by atoms with Crippen LogP contribution in [0.5, 0.6) is 0 Å². The first kappa shape index (κ1) is 25.8. The molecule has 2 aliphatic heterocycles. The van der Waals surface area contributed by atoms with Gasteiger partial charge in [-0.05, 0) is 76.7 Å². The summed E-state index contributed by atoms with van der Waals surface area (Å²) in [5.74, 6) is 1.13. The van der Waals surface area contributed by atoms with Gasteiger partial charge >= 0.3 is 0 Å². The molecule has 4 rings (SSSR count). The molecule has 0 spiro atoms. The summed E-state index contributed by atoms with van der Waals surface area (Å²) in [4.78, 5) is 29.8. The Hall–Kier alpha value is -1.33. The third-order valence-electron chi connectivity index (χ3n) is 7.97. The van der Waals surface area contributed by atoms with E-state index in [9.17, 15) is 14.0 Å². The van der Waals surface area contributed by atoms with Crippen LogP contribution in [0.15, 0.2) is 0 Å². The first-order chi connectivity index (χ1) is 16.6. The average Bonchev–Trinajstić information content (AvgIpc) is 3.32. The molecule has 194 valence electrons. The standard InChI is InChI=1S/C24H43FN6O3/c25-17-12-10-16(11-13-17)22-28-21(34-31-22)9-5-8-20(32)26-14-3-4-15-27-23-18-6-1-2-7-19(18)24(33)30-29-23/h16-19,21-23,27-29,31H,1-15H2,(H,26,32)(H,30,33). The number of rotatable bonds is 11.